The summed E-state index contributed by atoms with van der Waals surface area (Å²) < 4.78 is 8.13. The van der Waals surface area contributed by atoms with E-state index in [2.05, 4.69) is 10.1 Å². The van der Waals surface area contributed by atoms with Crippen LogP contribution in [-0.2, 0) is 18.3 Å². The van der Waals surface area contributed by atoms with Crippen molar-refractivity contribution in [3.63, 3.8) is 0 Å². The van der Waals surface area contributed by atoms with Gasteiger partial charge in [0.25, 0.3) is 0 Å². The molecule has 0 fully saturated rings. The van der Waals surface area contributed by atoms with E-state index in [1.807, 2.05) is 44.4 Å². The number of carbonyl (C=O) groups is 1. The fourth-order valence-electron chi connectivity index (χ4n) is 2.53. The molecule has 0 aliphatic heterocycles. The molecule has 0 unspecified atom stereocenters. The molecule has 0 saturated heterocycles. The summed E-state index contributed by atoms with van der Waals surface area (Å²) in [5, 5.41) is 2.52. The van der Waals surface area contributed by atoms with Crippen molar-refractivity contribution in [2.24, 2.45) is 7.05 Å². The number of hydrogen-bond donors (Lipinski definition) is 1. The van der Waals surface area contributed by atoms with Crippen molar-refractivity contribution in [1.29, 1.82) is 0 Å². The van der Waals surface area contributed by atoms with Gasteiger partial charge in [-0.15, -0.1) is 0 Å². The van der Waals surface area contributed by atoms with Crippen molar-refractivity contribution in [2.45, 2.75) is 20.4 Å². The number of amides is 1. The average molecular weight is 304 g/mol. The average Bonchev–Trinajstić information content (AvgIpc) is 2.77. The van der Waals surface area contributed by atoms with Crippen LogP contribution in [0.5, 0.6) is 0 Å². The van der Waals surface area contributed by atoms with Crippen LogP contribution in [0.4, 0.5) is 10.5 Å². The van der Waals surface area contributed by atoms with E-state index in [4.69, 9.17) is 0 Å². The zero-order valence-corrected chi connectivity index (χ0v) is 13.9. The maximum atomic E-state index is 12.8. The van der Waals surface area contributed by atoms with Crippen LogP contribution in [0.15, 0.2) is 4.79 Å². The first-order valence-electron chi connectivity index (χ1n) is 6.98. The Kier molecular flexibility index (Phi) is 4.41. The van der Waals surface area contributed by atoms with E-state index in [-0.39, 0.29) is 11.2 Å². The van der Waals surface area contributed by atoms with Gasteiger partial charge in [-0.05, 0) is 0 Å². The summed E-state index contributed by atoms with van der Waals surface area (Å²) in [6.07, 6.45) is -0.655. The second-order valence-corrected chi connectivity index (χ2v) is 5.65. The summed E-state index contributed by atoms with van der Waals surface area (Å²) in [4.78, 5) is 26.3. The van der Waals surface area contributed by atoms with E-state index in [1.54, 1.807) is 11.3 Å². The number of fused-ring (bicyclic) bond motifs is 1. The van der Waals surface area contributed by atoms with Gasteiger partial charge in [0.15, 0.2) is 0 Å². The van der Waals surface area contributed by atoms with Crippen molar-refractivity contribution in [1.82, 2.24) is 13.9 Å². The Morgan fingerprint density at radius 3 is 2.55 bits per heavy atom. The van der Waals surface area contributed by atoms with Gasteiger partial charge in [-0.25, -0.2) is 0 Å². The van der Waals surface area contributed by atoms with Gasteiger partial charge in [0.05, 0.1) is 0 Å². The van der Waals surface area contributed by atoms with E-state index < -0.39 is 6.09 Å². The molecule has 22 heavy (non-hydrogen) atoms. The molecule has 0 spiro atoms. The fraction of sp³-hybridized carbons (Fsp3) is 0.500. The number of anilines is 1. The quantitative estimate of drug-likeness (QED) is 0.912. The first-order chi connectivity index (χ1) is 10.3. The summed E-state index contributed by atoms with van der Waals surface area (Å²) in [6.45, 7) is 6.39. The van der Waals surface area contributed by atoms with Crippen LogP contribution in [0.25, 0.3) is 5.54 Å². The van der Waals surface area contributed by atoms with Crippen molar-refractivity contribution >= 4 is 24.2 Å². The maximum absolute atomic E-state index is 12.8. The van der Waals surface area contributed by atoms with Gasteiger partial charge >= 0.3 is 129 Å². The molecular formula is C14H21BN4O3. The summed E-state index contributed by atoms with van der Waals surface area (Å²) >= 11 is 0. The molecule has 0 bridgehead atoms. The van der Waals surface area contributed by atoms with Crippen molar-refractivity contribution in [3.8, 4) is 0 Å². The number of methoxy groups -OCH3 is 1. The summed E-state index contributed by atoms with van der Waals surface area (Å²) in [5.74, 6) is 0. The minimum atomic E-state index is -0.655. The van der Waals surface area contributed by atoms with Gasteiger partial charge in [-0.3, -0.25) is 0 Å². The second kappa shape index (κ2) is 5.96. The molecule has 7 nitrogen and oxygen atoms in total. The first kappa shape index (κ1) is 16.3. The standard InChI is InChI=1S/C14H21BN4O3/c1-8-10(7-17(3)4)19-12(20)11(16-14(21)22-6)9(2)18(5)13(19)15-8/h7H2,1-6H3,(H,16,21). The molecule has 2 aromatic heterocycles. The summed E-state index contributed by atoms with van der Waals surface area (Å²) in [6, 6.07) is 0. The number of nitrogens with one attached hydrogen (secondary N) is 1. The zero-order valence-electron chi connectivity index (χ0n) is 13.9. The van der Waals surface area contributed by atoms with E-state index in [1.165, 1.54) is 7.11 Å². The van der Waals surface area contributed by atoms with Gasteiger partial charge in [-0.2, -0.15) is 0 Å². The number of aromatic nitrogens is 2. The van der Waals surface area contributed by atoms with Crippen LogP contribution < -0.4 is 10.9 Å². The summed E-state index contributed by atoms with van der Waals surface area (Å²) in [7, 11) is 7.03. The Morgan fingerprint density at radius 1 is 1.36 bits per heavy atom. The number of hydrogen-bond acceptors (Lipinski definition) is 4. The third-order valence-electron chi connectivity index (χ3n) is 3.80. The fourth-order valence-corrected chi connectivity index (χ4v) is 2.53. The third kappa shape index (κ3) is 2.66. The number of aryl methyl sites for hydroxylation is 2. The molecule has 0 aliphatic rings. The van der Waals surface area contributed by atoms with Crippen LogP contribution in [0.2, 0.25) is 0 Å². The van der Waals surface area contributed by atoms with E-state index in [9.17, 15) is 9.59 Å². The molecule has 0 aromatic carbocycles. The molecule has 118 valence electrons. The molecular weight excluding hydrogens is 283 g/mol. The summed E-state index contributed by atoms with van der Waals surface area (Å²) in [5.41, 5.74) is 3.41. The first-order valence-corrected chi connectivity index (χ1v) is 6.98. The number of carbonyl (C=O) groups excluding carboxylic acids is 1. The van der Waals surface area contributed by atoms with Crippen molar-refractivity contribution in [2.75, 3.05) is 26.5 Å². The zero-order chi connectivity index (χ0) is 16.6. The topological polar surface area (TPSA) is 68.0 Å². The molecule has 0 radical (unpaired) electrons. The molecule has 0 saturated carbocycles. The SMILES string of the molecule is COC(=O)Nc1c(C)n(C)c2bc(C)c(CN(C)C)n2c1=O. The van der Waals surface area contributed by atoms with Gasteiger partial charge in [-0.1, -0.05) is 0 Å². The van der Waals surface area contributed by atoms with Crippen LogP contribution in [-0.4, -0.2) is 48.1 Å². The van der Waals surface area contributed by atoms with Crippen molar-refractivity contribution in [3.05, 3.63) is 27.2 Å². The molecule has 1 N–H and O–H groups in total. The van der Waals surface area contributed by atoms with Crippen LogP contribution in [0.1, 0.15) is 16.8 Å². The van der Waals surface area contributed by atoms with E-state index >= 15 is 0 Å². The number of ether oxygens (including phenoxy) is 1. The Labute approximate surface area is 129 Å². The molecule has 2 rings (SSSR count). The second-order valence-electron chi connectivity index (χ2n) is 5.65. The van der Waals surface area contributed by atoms with Gasteiger partial charge in [0.1, 0.15) is 0 Å². The molecule has 2 aromatic rings. The van der Waals surface area contributed by atoms with Gasteiger partial charge in [0.2, 0.25) is 0 Å². The van der Waals surface area contributed by atoms with Crippen LogP contribution >= 0.6 is 0 Å². The van der Waals surface area contributed by atoms with Crippen LogP contribution in [0.3, 0.4) is 0 Å². The molecule has 1 amide bonds. The Morgan fingerprint density at radius 2 is 2.00 bits per heavy atom. The molecule has 0 aliphatic carbocycles. The predicted molar refractivity (Wildman–Crippen MR) is 86.9 cm³/mol. The molecule has 2 heterocycles. The van der Waals surface area contributed by atoms with E-state index in [0.717, 1.165) is 16.7 Å². The number of nitrogens with zero attached hydrogens (tertiary/aromatic N) is 3. The Balaban J connectivity index is 2.78. The molecule has 0 atom stereocenters. The third-order valence-corrected chi connectivity index (χ3v) is 3.80. The Bertz CT molecular complexity index is 792. The van der Waals surface area contributed by atoms with Crippen LogP contribution in [0, 0.1) is 13.8 Å². The minimum absolute atomic E-state index is 0.234. The van der Waals surface area contributed by atoms with Crippen molar-refractivity contribution < 1.29 is 9.53 Å². The van der Waals surface area contributed by atoms with Gasteiger partial charge < -0.3 is 0 Å². The normalized spacial score (nSPS) is 11.0. The predicted octanol–water partition coefficient (Wildman–Crippen LogP) is 0.833. The van der Waals surface area contributed by atoms with E-state index in [0.29, 0.717) is 12.2 Å². The molecule has 8 heteroatoms. The Hall–Kier alpha value is -2.09. The monoisotopic (exact) mass is 304 g/mol. The van der Waals surface area contributed by atoms with Gasteiger partial charge in [0, 0.05) is 0 Å². The number of rotatable bonds is 3.